The summed E-state index contributed by atoms with van der Waals surface area (Å²) in [6.45, 7) is 2.24. The van der Waals surface area contributed by atoms with Crippen LogP contribution >= 0.6 is 0 Å². The molecule has 1 aromatic carbocycles. The van der Waals surface area contributed by atoms with E-state index in [1.165, 1.54) is 0 Å². The first-order valence-corrected chi connectivity index (χ1v) is 4.86. The van der Waals surface area contributed by atoms with Gasteiger partial charge in [0.2, 0.25) is 0 Å². The zero-order chi connectivity index (χ0) is 11.1. The Bertz CT molecular complexity index is 371. The SMILES string of the molecule is Cc1cccc2c1CN[C@@H](C(F)(F)F)C2. The molecule has 1 nitrogen and oxygen atoms in total. The van der Waals surface area contributed by atoms with Gasteiger partial charge in [0.25, 0.3) is 0 Å². The monoisotopic (exact) mass is 215 g/mol. The molecular formula is C11H12F3N. The fourth-order valence-electron chi connectivity index (χ4n) is 1.96. The van der Waals surface area contributed by atoms with Gasteiger partial charge in [0.05, 0.1) is 0 Å². The number of alkyl halides is 3. The van der Waals surface area contributed by atoms with Gasteiger partial charge in [-0.05, 0) is 30.0 Å². The summed E-state index contributed by atoms with van der Waals surface area (Å²) in [6.07, 6.45) is -4.11. The van der Waals surface area contributed by atoms with E-state index >= 15 is 0 Å². The second-order valence-electron chi connectivity index (χ2n) is 3.89. The van der Waals surface area contributed by atoms with E-state index in [1.807, 2.05) is 19.1 Å². The van der Waals surface area contributed by atoms with Gasteiger partial charge in [0.1, 0.15) is 6.04 Å². The van der Waals surface area contributed by atoms with E-state index in [1.54, 1.807) is 6.07 Å². The van der Waals surface area contributed by atoms with Crippen LogP contribution in [0.15, 0.2) is 18.2 Å². The number of hydrogen-bond donors (Lipinski definition) is 1. The Labute approximate surface area is 86.3 Å². The molecule has 1 aliphatic rings. The Hall–Kier alpha value is -1.03. The zero-order valence-corrected chi connectivity index (χ0v) is 8.36. The van der Waals surface area contributed by atoms with E-state index in [0.717, 1.165) is 16.7 Å². The molecule has 1 aliphatic heterocycles. The number of halogens is 3. The van der Waals surface area contributed by atoms with E-state index in [-0.39, 0.29) is 6.42 Å². The molecule has 0 bridgehead atoms. The van der Waals surface area contributed by atoms with Crippen LogP contribution in [-0.2, 0) is 13.0 Å². The standard InChI is InChI=1S/C11H12F3N/c1-7-3-2-4-8-5-10(11(12,13)14)15-6-9(7)8/h2-4,10,15H,5-6H2,1H3/t10-/m1/s1. The molecule has 0 saturated heterocycles. The zero-order valence-electron chi connectivity index (χ0n) is 8.36. The highest BCUT2D eigenvalue weighted by Gasteiger charge is 2.41. The van der Waals surface area contributed by atoms with Gasteiger partial charge in [0, 0.05) is 6.54 Å². The molecule has 0 fully saturated rings. The average Bonchev–Trinajstić information content (AvgIpc) is 2.16. The van der Waals surface area contributed by atoms with Crippen molar-refractivity contribution >= 4 is 0 Å². The molecular weight excluding hydrogens is 203 g/mol. The Balaban J connectivity index is 2.28. The summed E-state index contributed by atoms with van der Waals surface area (Å²) < 4.78 is 37.4. The Morgan fingerprint density at radius 3 is 2.73 bits per heavy atom. The fourth-order valence-corrected chi connectivity index (χ4v) is 1.96. The molecule has 1 N–H and O–H groups in total. The van der Waals surface area contributed by atoms with E-state index in [4.69, 9.17) is 0 Å². The lowest BCUT2D eigenvalue weighted by Gasteiger charge is -2.28. The molecule has 0 amide bonds. The minimum atomic E-state index is -4.15. The van der Waals surface area contributed by atoms with Gasteiger partial charge in [-0.15, -0.1) is 0 Å². The summed E-state index contributed by atoms with van der Waals surface area (Å²) in [4.78, 5) is 0. The van der Waals surface area contributed by atoms with Crippen molar-refractivity contribution in [3.05, 3.63) is 34.9 Å². The summed E-state index contributed by atoms with van der Waals surface area (Å²) >= 11 is 0. The van der Waals surface area contributed by atoms with Crippen molar-refractivity contribution < 1.29 is 13.2 Å². The summed E-state index contributed by atoms with van der Waals surface area (Å²) in [6, 6.07) is 4.12. The van der Waals surface area contributed by atoms with Crippen LogP contribution in [0.4, 0.5) is 13.2 Å². The van der Waals surface area contributed by atoms with Crippen LogP contribution in [0.2, 0.25) is 0 Å². The molecule has 82 valence electrons. The molecule has 0 radical (unpaired) electrons. The lowest BCUT2D eigenvalue weighted by molar-refractivity contribution is -0.157. The van der Waals surface area contributed by atoms with Crippen molar-refractivity contribution in [2.24, 2.45) is 0 Å². The van der Waals surface area contributed by atoms with Gasteiger partial charge in [-0.1, -0.05) is 18.2 Å². The van der Waals surface area contributed by atoms with Gasteiger partial charge in [-0.3, -0.25) is 0 Å². The van der Waals surface area contributed by atoms with Crippen molar-refractivity contribution in [2.75, 3.05) is 0 Å². The molecule has 2 rings (SSSR count). The number of rotatable bonds is 0. The topological polar surface area (TPSA) is 12.0 Å². The molecule has 4 heteroatoms. The minimum absolute atomic E-state index is 0.0422. The summed E-state index contributed by atoms with van der Waals surface area (Å²) in [5.41, 5.74) is 2.88. The maximum absolute atomic E-state index is 12.5. The first-order chi connectivity index (χ1) is 6.98. The number of fused-ring (bicyclic) bond motifs is 1. The van der Waals surface area contributed by atoms with E-state index < -0.39 is 12.2 Å². The highest BCUT2D eigenvalue weighted by atomic mass is 19.4. The molecule has 15 heavy (non-hydrogen) atoms. The van der Waals surface area contributed by atoms with Gasteiger partial charge < -0.3 is 5.32 Å². The van der Waals surface area contributed by atoms with Gasteiger partial charge in [0.15, 0.2) is 0 Å². The smallest absolute Gasteiger partial charge is 0.302 e. The average molecular weight is 215 g/mol. The molecule has 0 unspecified atom stereocenters. The first kappa shape index (κ1) is 10.5. The molecule has 0 aliphatic carbocycles. The molecule has 0 aromatic heterocycles. The third-order valence-electron chi connectivity index (χ3n) is 2.85. The summed E-state index contributed by atoms with van der Waals surface area (Å²) in [5, 5.41) is 2.53. The van der Waals surface area contributed by atoms with Crippen LogP contribution in [0.5, 0.6) is 0 Å². The fraction of sp³-hybridized carbons (Fsp3) is 0.455. The lowest BCUT2D eigenvalue weighted by atomic mass is 9.92. The third-order valence-corrected chi connectivity index (χ3v) is 2.85. The summed E-state index contributed by atoms with van der Waals surface area (Å²) in [5.74, 6) is 0. The van der Waals surface area contributed by atoms with Crippen LogP contribution in [0, 0.1) is 6.92 Å². The molecule has 0 spiro atoms. The van der Waals surface area contributed by atoms with Crippen molar-refractivity contribution in [1.29, 1.82) is 0 Å². The third kappa shape index (κ3) is 2.00. The van der Waals surface area contributed by atoms with Crippen LogP contribution in [-0.4, -0.2) is 12.2 Å². The number of nitrogens with one attached hydrogen (secondary N) is 1. The summed E-state index contributed by atoms with van der Waals surface area (Å²) in [7, 11) is 0. The van der Waals surface area contributed by atoms with Crippen LogP contribution in [0.3, 0.4) is 0 Å². The van der Waals surface area contributed by atoms with Gasteiger partial charge >= 0.3 is 6.18 Å². The molecule has 0 saturated carbocycles. The second-order valence-corrected chi connectivity index (χ2v) is 3.89. The predicted octanol–water partition coefficient (Wildman–Crippen LogP) is 2.57. The molecule has 1 aromatic rings. The van der Waals surface area contributed by atoms with Gasteiger partial charge in [-0.2, -0.15) is 13.2 Å². The van der Waals surface area contributed by atoms with Crippen molar-refractivity contribution in [3.8, 4) is 0 Å². The number of benzene rings is 1. The second kappa shape index (κ2) is 3.52. The lowest BCUT2D eigenvalue weighted by Crippen LogP contribution is -2.46. The minimum Gasteiger partial charge on any atom is -0.302 e. The van der Waals surface area contributed by atoms with Crippen molar-refractivity contribution in [1.82, 2.24) is 5.32 Å². The van der Waals surface area contributed by atoms with Crippen LogP contribution in [0.1, 0.15) is 16.7 Å². The molecule has 1 atom stereocenters. The first-order valence-electron chi connectivity index (χ1n) is 4.86. The van der Waals surface area contributed by atoms with E-state index in [9.17, 15) is 13.2 Å². The largest absolute Gasteiger partial charge is 0.404 e. The number of hydrogen-bond acceptors (Lipinski definition) is 1. The predicted molar refractivity (Wildman–Crippen MR) is 51.6 cm³/mol. The maximum atomic E-state index is 12.5. The number of aryl methyl sites for hydroxylation is 1. The Kier molecular flexibility index (Phi) is 2.46. The quantitative estimate of drug-likeness (QED) is 0.701. The van der Waals surface area contributed by atoms with Gasteiger partial charge in [-0.25, -0.2) is 0 Å². The maximum Gasteiger partial charge on any atom is 0.404 e. The molecule has 1 heterocycles. The van der Waals surface area contributed by atoms with Crippen LogP contribution < -0.4 is 5.32 Å². The van der Waals surface area contributed by atoms with Crippen molar-refractivity contribution in [3.63, 3.8) is 0 Å². The highest BCUT2D eigenvalue weighted by molar-refractivity contribution is 5.36. The van der Waals surface area contributed by atoms with E-state index in [0.29, 0.717) is 6.54 Å². The highest BCUT2D eigenvalue weighted by Crippen LogP contribution is 2.28. The Morgan fingerprint density at radius 1 is 1.33 bits per heavy atom. The van der Waals surface area contributed by atoms with Crippen LogP contribution in [0.25, 0.3) is 0 Å². The normalized spacial score (nSPS) is 21.2. The Morgan fingerprint density at radius 2 is 2.07 bits per heavy atom. The van der Waals surface area contributed by atoms with Crippen molar-refractivity contribution in [2.45, 2.75) is 32.1 Å². The van der Waals surface area contributed by atoms with E-state index in [2.05, 4.69) is 5.32 Å².